The van der Waals surface area contributed by atoms with Gasteiger partial charge in [-0.3, -0.25) is 0 Å². The number of aliphatic hydroxyl groups is 1. The first-order chi connectivity index (χ1) is 23.5. The summed E-state index contributed by atoms with van der Waals surface area (Å²) >= 11 is 0. The van der Waals surface area contributed by atoms with Crippen molar-refractivity contribution in [3.63, 3.8) is 0 Å². The molecular formula is C43H65NO5S. The summed E-state index contributed by atoms with van der Waals surface area (Å²) in [6.07, 6.45) is 16.2. The predicted molar refractivity (Wildman–Crippen MR) is 201 cm³/mol. The lowest BCUT2D eigenvalue weighted by Gasteiger charge is -2.72. The second-order valence-corrected chi connectivity index (χ2v) is 21.8. The molecule has 1 aliphatic heterocycles. The van der Waals surface area contributed by atoms with E-state index in [1.54, 1.807) is 12.1 Å². The zero-order valence-corrected chi connectivity index (χ0v) is 32.6. The number of aromatic carboxylic acids is 1. The molecule has 0 bridgehead atoms. The molecule has 4 saturated carbocycles. The highest BCUT2D eigenvalue weighted by atomic mass is 32.2. The summed E-state index contributed by atoms with van der Waals surface area (Å²) in [7, 11) is -2.84. The van der Waals surface area contributed by atoms with Crippen LogP contribution in [-0.2, 0) is 9.84 Å². The molecule has 1 aromatic rings. The van der Waals surface area contributed by atoms with Gasteiger partial charge in [-0.2, -0.15) is 0 Å². The van der Waals surface area contributed by atoms with E-state index in [0.717, 1.165) is 32.2 Å². The predicted octanol–water partition coefficient (Wildman–Crippen LogP) is 8.64. The molecule has 50 heavy (non-hydrogen) atoms. The minimum Gasteiger partial charge on any atom is -0.478 e. The maximum atomic E-state index is 12.1. The maximum absolute atomic E-state index is 12.1. The van der Waals surface area contributed by atoms with Gasteiger partial charge in [-0.1, -0.05) is 59.8 Å². The lowest BCUT2D eigenvalue weighted by atomic mass is 9.33. The van der Waals surface area contributed by atoms with Crippen LogP contribution in [0.3, 0.4) is 0 Å². The maximum Gasteiger partial charge on any atom is 0.335 e. The average Bonchev–Trinajstić information content (AvgIpc) is 3.45. The van der Waals surface area contributed by atoms with Gasteiger partial charge in [-0.25, -0.2) is 13.2 Å². The number of sulfone groups is 1. The molecule has 0 amide bonds. The lowest BCUT2D eigenvalue weighted by Crippen LogP contribution is -2.68. The Labute approximate surface area is 302 Å². The Morgan fingerprint density at radius 2 is 1.58 bits per heavy atom. The molecule has 5 fully saturated rings. The first kappa shape index (κ1) is 36.6. The van der Waals surface area contributed by atoms with Crippen molar-refractivity contribution < 1.29 is 23.4 Å². The van der Waals surface area contributed by atoms with Crippen LogP contribution < -0.4 is 5.32 Å². The Morgan fingerprint density at radius 1 is 0.880 bits per heavy atom. The van der Waals surface area contributed by atoms with Gasteiger partial charge in [0, 0.05) is 12.1 Å². The average molecular weight is 708 g/mol. The van der Waals surface area contributed by atoms with E-state index in [2.05, 4.69) is 52.9 Å². The van der Waals surface area contributed by atoms with Crippen LogP contribution in [0.1, 0.15) is 135 Å². The fourth-order valence-corrected chi connectivity index (χ4v) is 16.0. The molecule has 1 saturated heterocycles. The van der Waals surface area contributed by atoms with Crippen LogP contribution in [-0.4, -0.2) is 54.8 Å². The summed E-state index contributed by atoms with van der Waals surface area (Å²) in [5.74, 6) is 3.62. The van der Waals surface area contributed by atoms with Crippen LogP contribution in [0, 0.1) is 63.1 Å². The molecule has 5 aliphatic carbocycles. The number of hydrogen-bond acceptors (Lipinski definition) is 5. The number of aliphatic hydroxyl groups excluding tert-OH is 1. The molecule has 10 atom stereocenters. The number of rotatable bonds is 8. The second kappa shape index (κ2) is 12.7. The summed E-state index contributed by atoms with van der Waals surface area (Å²) in [6.45, 7) is 16.5. The van der Waals surface area contributed by atoms with Crippen molar-refractivity contribution in [1.82, 2.24) is 5.32 Å². The standard InChI is InChI=1S/C43H65NO5S/c1-28(27-45)32-13-21-43(44-24-16-29-17-25-50(48,49)26-18-29)23-22-41(5)34(37(32)43)11-12-36-40(4)19-14-33(30-7-9-31(10-8-30)38(46)47)39(2,3)35(40)15-20-42(36,41)6/h7-10,14,28-29,32,34-37,44-45H,11-13,15-27H2,1-6H3,(H,46,47)/t28?,32-,34+,35-,36+,37+,40-,41+,42+,43-/m0/s1. The first-order valence-electron chi connectivity index (χ1n) is 20.1. The van der Waals surface area contributed by atoms with Crippen molar-refractivity contribution in [3.05, 3.63) is 41.5 Å². The van der Waals surface area contributed by atoms with Gasteiger partial charge in [0.15, 0.2) is 0 Å². The highest BCUT2D eigenvalue weighted by Crippen LogP contribution is 2.76. The number of benzene rings is 1. The Morgan fingerprint density at radius 3 is 2.24 bits per heavy atom. The molecule has 278 valence electrons. The van der Waals surface area contributed by atoms with E-state index in [1.165, 1.54) is 62.5 Å². The van der Waals surface area contributed by atoms with Crippen molar-refractivity contribution in [2.75, 3.05) is 24.7 Å². The van der Waals surface area contributed by atoms with Crippen LogP contribution in [0.2, 0.25) is 0 Å². The third-order valence-electron chi connectivity index (χ3n) is 17.2. The molecule has 1 heterocycles. The van der Waals surface area contributed by atoms with Crippen molar-refractivity contribution in [3.8, 4) is 0 Å². The van der Waals surface area contributed by atoms with Crippen molar-refractivity contribution >= 4 is 21.4 Å². The largest absolute Gasteiger partial charge is 0.478 e. The quantitative estimate of drug-likeness (QED) is 0.250. The number of allylic oxidation sites excluding steroid dienone is 2. The van der Waals surface area contributed by atoms with Crippen molar-refractivity contribution in [2.24, 2.45) is 63.1 Å². The molecule has 1 unspecified atom stereocenters. The number of carboxylic acid groups (broad SMARTS) is 1. The number of fused-ring (bicyclic) bond motifs is 7. The topological polar surface area (TPSA) is 104 Å². The monoisotopic (exact) mass is 707 g/mol. The summed E-state index contributed by atoms with van der Waals surface area (Å²) in [4.78, 5) is 11.6. The number of carboxylic acids is 1. The van der Waals surface area contributed by atoms with Gasteiger partial charge < -0.3 is 15.5 Å². The van der Waals surface area contributed by atoms with Crippen LogP contribution in [0.15, 0.2) is 30.3 Å². The van der Waals surface area contributed by atoms with E-state index in [0.29, 0.717) is 58.5 Å². The Balaban J connectivity index is 1.15. The molecule has 3 N–H and O–H groups in total. The van der Waals surface area contributed by atoms with Gasteiger partial charge in [0.1, 0.15) is 9.84 Å². The normalized spacial score (nSPS) is 42.7. The number of nitrogens with one attached hydrogen (secondary N) is 1. The zero-order valence-electron chi connectivity index (χ0n) is 31.8. The number of hydrogen-bond donors (Lipinski definition) is 3. The molecular weight excluding hydrogens is 643 g/mol. The Kier molecular flexibility index (Phi) is 9.32. The minimum atomic E-state index is -2.84. The highest BCUT2D eigenvalue weighted by molar-refractivity contribution is 7.91. The molecule has 6 aliphatic rings. The van der Waals surface area contributed by atoms with E-state index >= 15 is 0 Å². The Hall–Kier alpha value is -1.70. The summed E-state index contributed by atoms with van der Waals surface area (Å²) < 4.78 is 24.1. The zero-order chi connectivity index (χ0) is 35.9. The third-order valence-corrected chi connectivity index (χ3v) is 18.9. The lowest BCUT2D eigenvalue weighted by molar-refractivity contribution is -0.221. The SMILES string of the molecule is CC(CO)[C@@H]1CC[C@]2(NCCC3CCS(=O)(=O)CC3)CC[C@]3(C)[C@H](CC[C@@H]4[C@@]5(C)CC=C(c6ccc(C(=O)O)cc6)C(C)(C)[C@@H]5CC[C@]43C)[C@@H]12. The van der Waals surface area contributed by atoms with Gasteiger partial charge >= 0.3 is 5.97 Å². The summed E-state index contributed by atoms with van der Waals surface area (Å²) in [5.41, 5.74) is 3.73. The Bertz CT molecular complexity index is 1590. The smallest absolute Gasteiger partial charge is 0.335 e. The fourth-order valence-electron chi connectivity index (χ4n) is 14.4. The molecule has 1 aromatic carbocycles. The summed E-state index contributed by atoms with van der Waals surface area (Å²) in [6, 6.07) is 7.56. The third kappa shape index (κ3) is 5.60. The molecule has 7 rings (SSSR count). The van der Waals surface area contributed by atoms with Crippen LogP contribution in [0.4, 0.5) is 0 Å². The second-order valence-electron chi connectivity index (χ2n) is 19.4. The van der Waals surface area contributed by atoms with E-state index in [9.17, 15) is 23.4 Å². The summed E-state index contributed by atoms with van der Waals surface area (Å²) in [5, 5.41) is 24.2. The molecule has 7 heteroatoms. The molecule has 0 radical (unpaired) electrons. The van der Waals surface area contributed by atoms with Gasteiger partial charge in [-0.15, -0.1) is 0 Å². The van der Waals surface area contributed by atoms with Crippen LogP contribution in [0.25, 0.3) is 5.57 Å². The molecule has 0 aromatic heterocycles. The molecule has 0 spiro atoms. The number of carbonyl (C=O) groups is 1. The highest BCUT2D eigenvalue weighted by Gasteiger charge is 2.70. The van der Waals surface area contributed by atoms with E-state index < -0.39 is 15.8 Å². The first-order valence-corrected chi connectivity index (χ1v) is 21.9. The molecule has 6 nitrogen and oxygen atoms in total. The van der Waals surface area contributed by atoms with Crippen LogP contribution in [0.5, 0.6) is 0 Å². The van der Waals surface area contributed by atoms with Gasteiger partial charge in [-0.05, 0) is 170 Å². The fraction of sp³-hybridized carbons (Fsp3) is 0.791. The van der Waals surface area contributed by atoms with Crippen LogP contribution >= 0.6 is 0 Å². The van der Waals surface area contributed by atoms with Crippen molar-refractivity contribution in [1.29, 1.82) is 0 Å². The minimum absolute atomic E-state index is 0.00190. The van der Waals surface area contributed by atoms with E-state index in [4.69, 9.17) is 0 Å². The van der Waals surface area contributed by atoms with Gasteiger partial charge in [0.25, 0.3) is 0 Å². The van der Waals surface area contributed by atoms with E-state index in [1.807, 2.05) is 12.1 Å². The van der Waals surface area contributed by atoms with Gasteiger partial charge in [0.2, 0.25) is 0 Å². The van der Waals surface area contributed by atoms with Gasteiger partial charge in [0.05, 0.1) is 17.1 Å². The van der Waals surface area contributed by atoms with Crippen molar-refractivity contribution in [2.45, 2.75) is 124 Å². The van der Waals surface area contributed by atoms with E-state index in [-0.39, 0.29) is 33.8 Å².